The van der Waals surface area contributed by atoms with Gasteiger partial charge in [-0.1, -0.05) is 11.6 Å². The number of aromatic amines is 1. The van der Waals surface area contributed by atoms with Crippen molar-refractivity contribution in [3.63, 3.8) is 0 Å². The molecule has 2 N–H and O–H groups in total. The van der Waals surface area contributed by atoms with Crippen LogP contribution in [0.15, 0.2) is 35.3 Å². The smallest absolute Gasteiger partial charge is 0.285 e. The molecule has 1 amide bonds. The van der Waals surface area contributed by atoms with E-state index < -0.39 is 5.56 Å². The second kappa shape index (κ2) is 9.23. The molecule has 0 bridgehead atoms. The molecule has 2 aliphatic heterocycles. The Morgan fingerprint density at radius 2 is 1.90 bits per heavy atom. The van der Waals surface area contributed by atoms with Crippen LogP contribution in [0.25, 0.3) is 0 Å². The number of hydrogen-bond acceptors (Lipinski definition) is 6. The molecule has 1 aromatic carbocycles. The molecule has 0 radical (unpaired) electrons. The molecule has 31 heavy (non-hydrogen) atoms. The zero-order valence-corrected chi connectivity index (χ0v) is 18.1. The second-order valence-electron chi connectivity index (χ2n) is 8.01. The highest BCUT2D eigenvalue weighted by Crippen LogP contribution is 2.25. The van der Waals surface area contributed by atoms with Crippen LogP contribution >= 0.6 is 11.6 Å². The van der Waals surface area contributed by atoms with Crippen LogP contribution in [0.5, 0.6) is 0 Å². The average Bonchev–Trinajstić information content (AvgIpc) is 3.24. The number of piperazine rings is 1. The van der Waals surface area contributed by atoms with E-state index in [1.54, 1.807) is 12.1 Å². The van der Waals surface area contributed by atoms with Crippen LogP contribution in [0.4, 0.5) is 15.8 Å². The number of amides is 1. The maximum atomic E-state index is 13.1. The predicted octanol–water partition coefficient (Wildman–Crippen LogP) is 1.47. The van der Waals surface area contributed by atoms with Crippen molar-refractivity contribution in [1.82, 2.24) is 20.4 Å². The lowest BCUT2D eigenvalue weighted by atomic mass is 10.1. The van der Waals surface area contributed by atoms with Crippen molar-refractivity contribution in [3.8, 4) is 0 Å². The Bertz CT molecular complexity index is 977. The lowest BCUT2D eigenvalue weighted by Crippen LogP contribution is -2.55. The molecule has 4 rings (SSSR count). The first-order valence-electron chi connectivity index (χ1n) is 10.5. The van der Waals surface area contributed by atoms with E-state index >= 15 is 0 Å². The van der Waals surface area contributed by atoms with Gasteiger partial charge in [0.05, 0.1) is 17.9 Å². The molecule has 0 aliphatic carbocycles. The lowest BCUT2D eigenvalue weighted by molar-refractivity contribution is -0.126. The van der Waals surface area contributed by atoms with E-state index in [1.807, 2.05) is 11.8 Å². The van der Waals surface area contributed by atoms with Gasteiger partial charge in [0.1, 0.15) is 10.8 Å². The largest absolute Gasteiger partial charge is 0.369 e. The summed E-state index contributed by atoms with van der Waals surface area (Å²) in [7, 11) is 0. The van der Waals surface area contributed by atoms with E-state index in [0.717, 1.165) is 38.3 Å². The summed E-state index contributed by atoms with van der Waals surface area (Å²) in [5, 5.41) is 9.38. The van der Waals surface area contributed by atoms with Gasteiger partial charge in [0, 0.05) is 51.0 Å². The predicted molar refractivity (Wildman–Crippen MR) is 118 cm³/mol. The molecule has 2 saturated heterocycles. The SMILES string of the molecule is CC(C(=O)NC1CCN(c2cn[nH]c(=O)c2Cl)C1)N1CCN(c2ccc(F)cc2)CC1. The molecule has 2 aliphatic rings. The first-order valence-corrected chi connectivity index (χ1v) is 10.8. The van der Waals surface area contributed by atoms with Crippen LogP contribution in [0.3, 0.4) is 0 Å². The summed E-state index contributed by atoms with van der Waals surface area (Å²) < 4.78 is 13.1. The number of nitrogens with zero attached hydrogens (tertiary/aromatic N) is 4. The fraction of sp³-hybridized carbons (Fsp3) is 0.476. The third-order valence-corrected chi connectivity index (χ3v) is 6.45. The number of aromatic nitrogens is 2. The fourth-order valence-electron chi connectivity index (χ4n) is 4.20. The Kier molecular flexibility index (Phi) is 6.43. The second-order valence-corrected chi connectivity index (χ2v) is 8.39. The van der Waals surface area contributed by atoms with Crippen molar-refractivity contribution in [3.05, 3.63) is 51.7 Å². The van der Waals surface area contributed by atoms with Gasteiger partial charge in [-0.3, -0.25) is 14.5 Å². The van der Waals surface area contributed by atoms with Crippen LogP contribution in [0, 0.1) is 5.82 Å². The molecular weight excluding hydrogens is 423 g/mol. The molecule has 10 heteroatoms. The Hall–Kier alpha value is -2.65. The molecule has 2 aromatic rings. The number of benzene rings is 1. The van der Waals surface area contributed by atoms with Crippen molar-refractivity contribution >= 4 is 28.9 Å². The summed E-state index contributed by atoms with van der Waals surface area (Å²) in [5.41, 5.74) is 1.17. The maximum absolute atomic E-state index is 13.1. The van der Waals surface area contributed by atoms with Crippen LogP contribution in [-0.4, -0.2) is 72.4 Å². The molecule has 0 saturated carbocycles. The Balaban J connectivity index is 1.28. The number of nitrogens with one attached hydrogen (secondary N) is 2. The molecule has 0 spiro atoms. The molecule has 1 aromatic heterocycles. The molecule has 166 valence electrons. The third kappa shape index (κ3) is 4.83. The number of rotatable bonds is 5. The van der Waals surface area contributed by atoms with Gasteiger partial charge >= 0.3 is 0 Å². The normalized spacial score (nSPS) is 20.7. The van der Waals surface area contributed by atoms with E-state index in [-0.39, 0.29) is 28.8 Å². The highest BCUT2D eigenvalue weighted by molar-refractivity contribution is 6.33. The summed E-state index contributed by atoms with van der Waals surface area (Å²) >= 11 is 6.10. The maximum Gasteiger partial charge on any atom is 0.285 e. The van der Waals surface area contributed by atoms with Crippen molar-refractivity contribution in [2.45, 2.75) is 25.4 Å². The van der Waals surface area contributed by atoms with Crippen LogP contribution in [-0.2, 0) is 4.79 Å². The minimum atomic E-state index is -0.417. The standard InChI is InChI=1S/C21H26ClFN6O2/c1-14(27-8-10-28(11-9-27)17-4-2-15(23)3-5-17)20(30)25-16-6-7-29(13-16)18-12-24-26-21(31)19(18)22/h2-5,12,14,16H,6-11,13H2,1H3,(H,25,30)(H,26,31). The topological polar surface area (TPSA) is 84.6 Å². The first kappa shape index (κ1) is 21.6. The van der Waals surface area contributed by atoms with E-state index in [4.69, 9.17) is 11.6 Å². The van der Waals surface area contributed by atoms with Crippen molar-refractivity contribution in [1.29, 1.82) is 0 Å². The van der Waals surface area contributed by atoms with Crippen LogP contribution in [0.2, 0.25) is 5.02 Å². The fourth-order valence-corrected chi connectivity index (χ4v) is 4.41. The third-order valence-electron chi connectivity index (χ3n) is 6.09. The van der Waals surface area contributed by atoms with Gasteiger partial charge in [-0.15, -0.1) is 0 Å². The molecule has 3 heterocycles. The zero-order valence-electron chi connectivity index (χ0n) is 17.4. The Labute approximate surface area is 185 Å². The molecule has 2 atom stereocenters. The van der Waals surface area contributed by atoms with Gasteiger partial charge in [0.15, 0.2) is 0 Å². The van der Waals surface area contributed by atoms with Gasteiger partial charge in [0.2, 0.25) is 5.91 Å². The highest BCUT2D eigenvalue weighted by Gasteiger charge is 2.30. The van der Waals surface area contributed by atoms with Gasteiger partial charge in [-0.05, 0) is 37.6 Å². The van der Waals surface area contributed by atoms with Gasteiger partial charge in [0.25, 0.3) is 5.56 Å². The molecule has 2 fully saturated rings. The molecular formula is C21H26ClFN6O2. The minimum Gasteiger partial charge on any atom is -0.369 e. The highest BCUT2D eigenvalue weighted by atomic mass is 35.5. The summed E-state index contributed by atoms with van der Waals surface area (Å²) in [5.74, 6) is -0.243. The van der Waals surface area contributed by atoms with E-state index in [2.05, 4.69) is 25.3 Å². The van der Waals surface area contributed by atoms with Gasteiger partial charge in [-0.2, -0.15) is 5.10 Å². The van der Waals surface area contributed by atoms with Crippen LogP contribution < -0.4 is 20.7 Å². The quantitative estimate of drug-likeness (QED) is 0.720. The number of carbonyl (C=O) groups is 1. The number of halogens is 2. The van der Waals surface area contributed by atoms with Crippen molar-refractivity contribution < 1.29 is 9.18 Å². The summed E-state index contributed by atoms with van der Waals surface area (Å²) in [6, 6.07) is 6.26. The van der Waals surface area contributed by atoms with Crippen molar-refractivity contribution in [2.24, 2.45) is 0 Å². The Morgan fingerprint density at radius 1 is 1.19 bits per heavy atom. The molecule has 2 unspecified atom stereocenters. The minimum absolute atomic E-state index is 0.00258. The monoisotopic (exact) mass is 448 g/mol. The number of anilines is 2. The Morgan fingerprint density at radius 3 is 2.61 bits per heavy atom. The lowest BCUT2D eigenvalue weighted by Gasteiger charge is -2.38. The number of hydrogen-bond donors (Lipinski definition) is 2. The van der Waals surface area contributed by atoms with Gasteiger partial charge in [-0.25, -0.2) is 9.49 Å². The summed E-state index contributed by atoms with van der Waals surface area (Å²) in [4.78, 5) is 30.9. The number of carbonyl (C=O) groups excluding carboxylic acids is 1. The van der Waals surface area contributed by atoms with Gasteiger partial charge < -0.3 is 15.1 Å². The van der Waals surface area contributed by atoms with Crippen LogP contribution in [0.1, 0.15) is 13.3 Å². The van der Waals surface area contributed by atoms with Crippen molar-refractivity contribution in [2.75, 3.05) is 49.1 Å². The zero-order chi connectivity index (χ0) is 22.0. The van der Waals surface area contributed by atoms with E-state index in [0.29, 0.717) is 18.8 Å². The van der Waals surface area contributed by atoms with E-state index in [9.17, 15) is 14.0 Å². The van der Waals surface area contributed by atoms with E-state index in [1.165, 1.54) is 18.3 Å². The average molecular weight is 449 g/mol. The first-order chi connectivity index (χ1) is 14.9. The molecule has 8 nitrogen and oxygen atoms in total. The summed E-state index contributed by atoms with van der Waals surface area (Å²) in [6.45, 7) is 6.30. The number of H-pyrrole nitrogens is 1. The summed E-state index contributed by atoms with van der Waals surface area (Å²) in [6.07, 6.45) is 2.32.